The van der Waals surface area contributed by atoms with Crippen molar-refractivity contribution in [3.05, 3.63) is 58.9 Å². The van der Waals surface area contributed by atoms with Crippen LogP contribution in [0.2, 0.25) is 0 Å². The van der Waals surface area contributed by atoms with Gasteiger partial charge < -0.3 is 19.5 Å². The van der Waals surface area contributed by atoms with Crippen molar-refractivity contribution < 1.29 is 19.0 Å². The Kier molecular flexibility index (Phi) is 6.50. The molecule has 0 aliphatic carbocycles. The van der Waals surface area contributed by atoms with Gasteiger partial charge in [0.2, 0.25) is 5.91 Å². The Balaban J connectivity index is 1.24. The Hall–Kier alpha value is -3.04. The van der Waals surface area contributed by atoms with Crippen LogP contribution in [0.4, 0.5) is 0 Å². The van der Waals surface area contributed by atoms with Gasteiger partial charge in [0.15, 0.2) is 16.7 Å². The Bertz CT molecular complexity index is 1210. The number of benzene rings is 2. The van der Waals surface area contributed by atoms with E-state index in [4.69, 9.17) is 14.2 Å². The minimum atomic E-state index is -0.259. The quantitative estimate of drug-likeness (QED) is 0.422. The lowest BCUT2D eigenvalue weighted by Gasteiger charge is -2.26. The molecule has 8 nitrogen and oxygen atoms in total. The van der Waals surface area contributed by atoms with Crippen LogP contribution in [-0.4, -0.2) is 53.2 Å². The van der Waals surface area contributed by atoms with Crippen molar-refractivity contribution in [3.8, 4) is 11.5 Å². The Morgan fingerprint density at radius 1 is 1.12 bits per heavy atom. The van der Waals surface area contributed by atoms with Crippen molar-refractivity contribution in [1.82, 2.24) is 14.9 Å². The molecule has 0 saturated carbocycles. The third-order valence-corrected chi connectivity index (χ3v) is 6.64. The summed E-state index contributed by atoms with van der Waals surface area (Å²) in [6.07, 6.45) is 1.63. The molecule has 0 bridgehead atoms. The van der Waals surface area contributed by atoms with E-state index in [9.17, 15) is 9.59 Å². The number of ether oxygens (including phenoxy) is 3. The van der Waals surface area contributed by atoms with Crippen LogP contribution in [0.1, 0.15) is 12.8 Å². The zero-order valence-corrected chi connectivity index (χ0v) is 18.9. The zero-order valence-electron chi connectivity index (χ0n) is 18.1. The molecule has 0 spiro atoms. The maximum Gasteiger partial charge on any atom is 0.262 e. The Morgan fingerprint density at radius 2 is 1.94 bits per heavy atom. The molecule has 2 aliphatic heterocycles. The van der Waals surface area contributed by atoms with Gasteiger partial charge in [-0.05, 0) is 37.1 Å². The molecule has 33 heavy (non-hydrogen) atoms. The fourth-order valence-electron chi connectivity index (χ4n) is 3.98. The Labute approximate surface area is 195 Å². The molecule has 1 fully saturated rings. The molecule has 172 valence electrons. The van der Waals surface area contributed by atoms with Crippen LogP contribution in [-0.2, 0) is 16.1 Å². The topological polar surface area (TPSA) is 91.7 Å². The fourth-order valence-corrected chi connectivity index (χ4v) is 4.82. The number of para-hydroxylation sites is 3. The smallest absolute Gasteiger partial charge is 0.262 e. The summed E-state index contributed by atoms with van der Waals surface area (Å²) in [5.74, 6) is 1.37. The summed E-state index contributed by atoms with van der Waals surface area (Å²) < 4.78 is 19.0. The van der Waals surface area contributed by atoms with Crippen molar-refractivity contribution >= 4 is 28.6 Å². The van der Waals surface area contributed by atoms with Gasteiger partial charge in [0, 0.05) is 6.61 Å². The van der Waals surface area contributed by atoms with Crippen LogP contribution in [0.5, 0.6) is 11.5 Å². The van der Waals surface area contributed by atoms with Crippen LogP contribution < -0.4 is 20.3 Å². The summed E-state index contributed by atoms with van der Waals surface area (Å²) >= 11 is 1.25. The number of thioether (sulfide) groups is 1. The molecule has 1 saturated heterocycles. The van der Waals surface area contributed by atoms with Gasteiger partial charge in [-0.15, -0.1) is 0 Å². The highest BCUT2D eigenvalue weighted by Crippen LogP contribution is 2.30. The first-order valence-corrected chi connectivity index (χ1v) is 12.0. The normalized spacial score (nSPS) is 19.5. The highest BCUT2D eigenvalue weighted by atomic mass is 32.2. The molecule has 5 rings (SSSR count). The second-order valence-corrected chi connectivity index (χ2v) is 9.00. The van der Waals surface area contributed by atoms with Crippen LogP contribution >= 0.6 is 11.8 Å². The van der Waals surface area contributed by atoms with E-state index in [1.54, 1.807) is 10.6 Å². The molecule has 0 unspecified atom stereocenters. The van der Waals surface area contributed by atoms with E-state index in [2.05, 4.69) is 10.3 Å². The number of carbonyl (C=O) groups is 1. The molecule has 1 aromatic heterocycles. The second kappa shape index (κ2) is 9.84. The molecule has 1 N–H and O–H groups in total. The zero-order chi connectivity index (χ0) is 22.6. The molecule has 2 atom stereocenters. The predicted molar refractivity (Wildman–Crippen MR) is 125 cm³/mol. The van der Waals surface area contributed by atoms with E-state index in [-0.39, 0.29) is 29.4 Å². The number of fused-ring (bicyclic) bond motifs is 2. The summed E-state index contributed by atoms with van der Waals surface area (Å²) in [5, 5.41) is 3.99. The predicted octanol–water partition coefficient (Wildman–Crippen LogP) is 2.62. The van der Waals surface area contributed by atoms with E-state index in [1.807, 2.05) is 42.5 Å². The summed E-state index contributed by atoms with van der Waals surface area (Å²) in [6, 6.07) is 14.7. The fraction of sp³-hybridized carbons (Fsp3) is 0.375. The minimum Gasteiger partial charge on any atom is -0.486 e. The number of nitrogens with zero attached hydrogens (tertiary/aromatic N) is 2. The van der Waals surface area contributed by atoms with Crippen molar-refractivity contribution in [1.29, 1.82) is 0 Å². The maximum absolute atomic E-state index is 13.1. The van der Waals surface area contributed by atoms with Crippen molar-refractivity contribution in [2.75, 3.05) is 25.5 Å². The number of aromatic nitrogens is 2. The van der Waals surface area contributed by atoms with Crippen LogP contribution in [0.25, 0.3) is 10.9 Å². The lowest BCUT2D eigenvalue weighted by molar-refractivity contribution is -0.119. The SMILES string of the molecule is O=C(CSc1nc2ccccc2c(=O)n1C[C@@H]1CCCO1)NC[C@H]1COc2ccccc2O1. The molecular weight excluding hydrogens is 442 g/mol. The van der Waals surface area contributed by atoms with Crippen LogP contribution in [0.3, 0.4) is 0 Å². The third-order valence-electron chi connectivity index (χ3n) is 5.66. The van der Waals surface area contributed by atoms with E-state index in [1.165, 1.54) is 11.8 Å². The average molecular weight is 468 g/mol. The highest BCUT2D eigenvalue weighted by Gasteiger charge is 2.23. The summed E-state index contributed by atoms with van der Waals surface area (Å²) in [6.45, 7) is 1.86. The van der Waals surface area contributed by atoms with E-state index >= 15 is 0 Å². The van der Waals surface area contributed by atoms with E-state index in [0.717, 1.165) is 12.8 Å². The number of hydrogen-bond acceptors (Lipinski definition) is 7. The standard InChI is InChI=1S/C24H25N3O5S/c28-22(25-12-17-14-31-20-9-3-4-10-21(20)32-17)15-33-24-26-19-8-2-1-7-18(19)23(29)27(24)13-16-6-5-11-30-16/h1-4,7-10,16-17H,5-6,11-15H2,(H,25,28)/t16-,17-/m0/s1. The second-order valence-electron chi connectivity index (χ2n) is 8.05. The Morgan fingerprint density at radius 3 is 2.79 bits per heavy atom. The van der Waals surface area contributed by atoms with Gasteiger partial charge in [-0.2, -0.15) is 0 Å². The number of rotatable bonds is 7. The number of carbonyl (C=O) groups excluding carboxylic acids is 1. The molecular formula is C24H25N3O5S. The lowest BCUT2D eigenvalue weighted by atomic mass is 10.2. The first kappa shape index (κ1) is 21.8. The maximum atomic E-state index is 13.1. The molecule has 9 heteroatoms. The van der Waals surface area contributed by atoms with Gasteiger partial charge in [-0.3, -0.25) is 14.2 Å². The van der Waals surface area contributed by atoms with Crippen LogP contribution in [0.15, 0.2) is 58.5 Å². The van der Waals surface area contributed by atoms with Gasteiger partial charge >= 0.3 is 0 Å². The van der Waals surface area contributed by atoms with Gasteiger partial charge in [0.1, 0.15) is 12.7 Å². The third kappa shape index (κ3) is 4.99. The van der Waals surface area contributed by atoms with Gasteiger partial charge in [0.05, 0.1) is 35.8 Å². The molecule has 2 aliphatic rings. The molecule has 1 amide bonds. The monoisotopic (exact) mass is 467 g/mol. The van der Waals surface area contributed by atoms with Gasteiger partial charge in [-0.1, -0.05) is 36.0 Å². The lowest BCUT2D eigenvalue weighted by Crippen LogP contribution is -2.41. The number of hydrogen-bond donors (Lipinski definition) is 1. The summed E-state index contributed by atoms with van der Waals surface area (Å²) in [7, 11) is 0. The average Bonchev–Trinajstić information content (AvgIpc) is 3.36. The van der Waals surface area contributed by atoms with E-state index < -0.39 is 0 Å². The van der Waals surface area contributed by atoms with Crippen molar-refractivity contribution in [3.63, 3.8) is 0 Å². The first-order valence-electron chi connectivity index (χ1n) is 11.1. The summed E-state index contributed by atoms with van der Waals surface area (Å²) in [5.41, 5.74) is 0.519. The molecule has 2 aromatic carbocycles. The number of amides is 1. The first-order chi connectivity index (χ1) is 16.2. The largest absolute Gasteiger partial charge is 0.486 e. The number of nitrogens with one attached hydrogen (secondary N) is 1. The van der Waals surface area contributed by atoms with Crippen molar-refractivity contribution in [2.45, 2.75) is 36.8 Å². The van der Waals surface area contributed by atoms with Gasteiger partial charge in [-0.25, -0.2) is 4.98 Å². The summed E-state index contributed by atoms with van der Waals surface area (Å²) in [4.78, 5) is 30.3. The van der Waals surface area contributed by atoms with Crippen molar-refractivity contribution in [2.24, 2.45) is 0 Å². The van der Waals surface area contributed by atoms with E-state index in [0.29, 0.717) is 53.9 Å². The molecule has 3 heterocycles. The molecule has 0 radical (unpaired) electrons. The van der Waals surface area contributed by atoms with Crippen LogP contribution in [0, 0.1) is 0 Å². The highest BCUT2D eigenvalue weighted by molar-refractivity contribution is 7.99. The van der Waals surface area contributed by atoms with Gasteiger partial charge in [0.25, 0.3) is 5.56 Å². The minimum absolute atomic E-state index is 0.00910. The molecule has 3 aromatic rings.